The molecule has 2 N–H and O–H groups in total. The van der Waals surface area contributed by atoms with Crippen LogP contribution in [0.4, 0.5) is 5.00 Å². The maximum atomic E-state index is 13.0. The van der Waals surface area contributed by atoms with Crippen LogP contribution in [-0.4, -0.2) is 29.4 Å². The Kier molecular flexibility index (Phi) is 5.86. The summed E-state index contributed by atoms with van der Waals surface area (Å²) in [7, 11) is 0. The number of carbonyl (C=O) groups is 2. The molecule has 0 unspecified atom stereocenters. The SMILES string of the molecule is CC(C)N1CCc2c(sc3c2C(=O)N[C@@H](c2ccc(OC(=O)c4ccccc4Cl)cc2)N3)C1. The molecule has 0 saturated carbocycles. The highest BCUT2D eigenvalue weighted by atomic mass is 35.5. The van der Waals surface area contributed by atoms with E-state index in [2.05, 4.69) is 29.4 Å². The summed E-state index contributed by atoms with van der Waals surface area (Å²) in [6.07, 6.45) is 0.546. The Balaban J connectivity index is 1.31. The molecule has 0 saturated heterocycles. The number of anilines is 1. The summed E-state index contributed by atoms with van der Waals surface area (Å²) in [5.41, 5.74) is 3.16. The fraction of sp³-hybridized carbons (Fsp3) is 0.280. The molecule has 33 heavy (non-hydrogen) atoms. The molecule has 0 spiro atoms. The maximum Gasteiger partial charge on any atom is 0.345 e. The molecule has 3 heterocycles. The number of carbonyl (C=O) groups excluding carboxylic acids is 2. The number of nitrogens with one attached hydrogen (secondary N) is 2. The van der Waals surface area contributed by atoms with Gasteiger partial charge in [-0.1, -0.05) is 35.9 Å². The third-order valence-electron chi connectivity index (χ3n) is 6.11. The maximum absolute atomic E-state index is 13.0. The van der Waals surface area contributed by atoms with Crippen LogP contribution in [0.3, 0.4) is 0 Å². The van der Waals surface area contributed by atoms with Gasteiger partial charge in [-0.05, 0) is 55.7 Å². The van der Waals surface area contributed by atoms with Gasteiger partial charge in [-0.3, -0.25) is 9.69 Å². The minimum Gasteiger partial charge on any atom is -0.423 e. The summed E-state index contributed by atoms with van der Waals surface area (Å²) < 4.78 is 5.45. The Morgan fingerprint density at radius 3 is 2.64 bits per heavy atom. The molecule has 2 aliphatic heterocycles. The number of hydrogen-bond acceptors (Lipinski definition) is 6. The van der Waals surface area contributed by atoms with Crippen molar-refractivity contribution in [3.05, 3.63) is 80.7 Å². The van der Waals surface area contributed by atoms with Crippen molar-refractivity contribution in [1.29, 1.82) is 0 Å². The first kappa shape index (κ1) is 21.9. The number of benzene rings is 2. The van der Waals surface area contributed by atoms with E-state index in [0.717, 1.165) is 35.6 Å². The lowest BCUT2D eigenvalue weighted by Crippen LogP contribution is -2.39. The van der Waals surface area contributed by atoms with E-state index in [1.165, 1.54) is 10.4 Å². The number of fused-ring (bicyclic) bond motifs is 3. The Bertz CT molecular complexity index is 1220. The molecule has 2 aliphatic rings. The van der Waals surface area contributed by atoms with Crippen LogP contribution in [0, 0.1) is 0 Å². The molecule has 1 aromatic heterocycles. The minimum absolute atomic E-state index is 0.0431. The van der Waals surface area contributed by atoms with Gasteiger partial charge in [0.1, 0.15) is 16.9 Å². The molecule has 1 amide bonds. The molecule has 170 valence electrons. The number of halogens is 1. The number of nitrogens with zero attached hydrogens (tertiary/aromatic N) is 1. The zero-order valence-electron chi connectivity index (χ0n) is 18.4. The van der Waals surface area contributed by atoms with E-state index in [4.69, 9.17) is 16.3 Å². The lowest BCUT2D eigenvalue weighted by molar-refractivity contribution is 0.0734. The molecule has 2 aromatic carbocycles. The van der Waals surface area contributed by atoms with Crippen molar-refractivity contribution < 1.29 is 14.3 Å². The summed E-state index contributed by atoms with van der Waals surface area (Å²) >= 11 is 7.75. The summed E-state index contributed by atoms with van der Waals surface area (Å²) in [6, 6.07) is 14.4. The lowest BCUT2D eigenvalue weighted by Gasteiger charge is -2.31. The van der Waals surface area contributed by atoms with Crippen molar-refractivity contribution in [2.45, 2.75) is 39.0 Å². The van der Waals surface area contributed by atoms with Crippen molar-refractivity contribution in [2.75, 3.05) is 11.9 Å². The van der Waals surface area contributed by atoms with Crippen molar-refractivity contribution in [3.63, 3.8) is 0 Å². The van der Waals surface area contributed by atoms with Gasteiger partial charge in [-0.15, -0.1) is 11.3 Å². The van der Waals surface area contributed by atoms with Crippen molar-refractivity contribution in [3.8, 4) is 5.75 Å². The molecule has 0 fully saturated rings. The van der Waals surface area contributed by atoms with Crippen molar-refractivity contribution in [1.82, 2.24) is 10.2 Å². The zero-order valence-corrected chi connectivity index (χ0v) is 19.9. The first-order chi connectivity index (χ1) is 15.9. The van der Waals surface area contributed by atoms with Gasteiger partial charge < -0.3 is 15.4 Å². The fourth-order valence-electron chi connectivity index (χ4n) is 4.26. The summed E-state index contributed by atoms with van der Waals surface area (Å²) in [4.78, 5) is 29.1. The predicted octanol–water partition coefficient (Wildman–Crippen LogP) is 5.24. The van der Waals surface area contributed by atoms with Crippen molar-refractivity contribution >= 4 is 39.8 Å². The first-order valence-corrected chi connectivity index (χ1v) is 12.1. The van der Waals surface area contributed by atoms with Crippen LogP contribution in [0.25, 0.3) is 0 Å². The normalized spacial score (nSPS) is 17.7. The number of thiophene rings is 1. The van der Waals surface area contributed by atoms with Crippen LogP contribution in [0.5, 0.6) is 5.75 Å². The van der Waals surface area contributed by atoms with E-state index < -0.39 is 5.97 Å². The van der Waals surface area contributed by atoms with Gasteiger partial charge in [0, 0.05) is 24.0 Å². The Morgan fingerprint density at radius 1 is 1.15 bits per heavy atom. The number of rotatable bonds is 4. The van der Waals surface area contributed by atoms with Crippen LogP contribution in [0.1, 0.15) is 56.7 Å². The Hall–Kier alpha value is -2.87. The van der Waals surface area contributed by atoms with E-state index in [9.17, 15) is 9.59 Å². The molecule has 0 radical (unpaired) electrons. The van der Waals surface area contributed by atoms with Gasteiger partial charge in [-0.2, -0.15) is 0 Å². The van der Waals surface area contributed by atoms with E-state index in [-0.39, 0.29) is 12.1 Å². The van der Waals surface area contributed by atoms with Crippen LogP contribution in [0.15, 0.2) is 48.5 Å². The third-order valence-corrected chi connectivity index (χ3v) is 7.59. The van der Waals surface area contributed by atoms with Crippen LogP contribution >= 0.6 is 22.9 Å². The lowest BCUT2D eigenvalue weighted by atomic mass is 9.99. The second kappa shape index (κ2) is 8.82. The molecule has 5 rings (SSSR count). The molecule has 3 aromatic rings. The molecule has 6 nitrogen and oxygen atoms in total. The average Bonchev–Trinajstić information content (AvgIpc) is 3.18. The molecule has 8 heteroatoms. The molecule has 1 atom stereocenters. The highest BCUT2D eigenvalue weighted by molar-refractivity contribution is 7.16. The minimum atomic E-state index is -0.512. The average molecular weight is 482 g/mol. The molecule has 0 bridgehead atoms. The summed E-state index contributed by atoms with van der Waals surface area (Å²) in [5, 5.41) is 7.82. The van der Waals surface area contributed by atoms with Crippen LogP contribution < -0.4 is 15.4 Å². The summed E-state index contributed by atoms with van der Waals surface area (Å²) in [6.45, 7) is 6.26. The number of esters is 1. The predicted molar refractivity (Wildman–Crippen MR) is 130 cm³/mol. The van der Waals surface area contributed by atoms with Gasteiger partial charge in [0.25, 0.3) is 5.91 Å². The fourth-order valence-corrected chi connectivity index (χ4v) is 5.77. The highest BCUT2D eigenvalue weighted by Crippen LogP contribution is 2.41. The van der Waals surface area contributed by atoms with Gasteiger partial charge in [0.05, 0.1) is 16.1 Å². The van der Waals surface area contributed by atoms with Crippen LogP contribution in [-0.2, 0) is 13.0 Å². The number of amides is 1. The molecular formula is C25H24ClN3O3S. The van der Waals surface area contributed by atoms with Gasteiger partial charge in [0.15, 0.2) is 0 Å². The quantitative estimate of drug-likeness (QED) is 0.394. The highest BCUT2D eigenvalue weighted by Gasteiger charge is 2.33. The number of ether oxygens (including phenoxy) is 1. The second-order valence-electron chi connectivity index (χ2n) is 8.51. The number of hydrogen-bond donors (Lipinski definition) is 2. The van der Waals surface area contributed by atoms with Crippen LogP contribution in [0.2, 0.25) is 5.02 Å². The topological polar surface area (TPSA) is 70.7 Å². The molecule has 0 aliphatic carbocycles. The van der Waals surface area contributed by atoms with E-state index in [0.29, 0.717) is 22.4 Å². The van der Waals surface area contributed by atoms with E-state index >= 15 is 0 Å². The van der Waals surface area contributed by atoms with Gasteiger partial charge >= 0.3 is 5.97 Å². The smallest absolute Gasteiger partial charge is 0.345 e. The molecular weight excluding hydrogens is 458 g/mol. The first-order valence-electron chi connectivity index (χ1n) is 10.9. The Labute approximate surface area is 201 Å². The van der Waals surface area contributed by atoms with Gasteiger partial charge in [0.2, 0.25) is 0 Å². The second-order valence-corrected chi connectivity index (χ2v) is 10.0. The van der Waals surface area contributed by atoms with E-state index in [1.54, 1.807) is 47.7 Å². The van der Waals surface area contributed by atoms with Crippen molar-refractivity contribution in [2.24, 2.45) is 0 Å². The largest absolute Gasteiger partial charge is 0.423 e. The van der Waals surface area contributed by atoms with Gasteiger partial charge in [-0.25, -0.2) is 4.79 Å². The monoisotopic (exact) mass is 481 g/mol. The standard InChI is InChI=1S/C25H24ClN3O3S/c1-14(2)29-12-11-18-20(13-29)33-24-21(18)23(30)27-22(28-24)15-7-9-16(10-8-15)32-25(31)17-5-3-4-6-19(17)26/h3-10,14,22,28H,11-13H2,1-2H3,(H,27,30)/t22-/m1/s1. The third kappa shape index (κ3) is 4.24. The Morgan fingerprint density at radius 2 is 1.91 bits per heavy atom. The zero-order chi connectivity index (χ0) is 23.1. The summed E-state index contributed by atoms with van der Waals surface area (Å²) in [5.74, 6) is -0.146. The van der Waals surface area contributed by atoms with E-state index in [1.807, 2.05) is 12.1 Å².